The van der Waals surface area contributed by atoms with Gasteiger partial charge in [0.15, 0.2) is 5.65 Å². The van der Waals surface area contributed by atoms with Gasteiger partial charge < -0.3 is 10.7 Å². The number of aromatic nitrogens is 4. The van der Waals surface area contributed by atoms with Crippen molar-refractivity contribution in [2.75, 3.05) is 6.54 Å². The highest BCUT2D eigenvalue weighted by atomic mass is 15.3. The van der Waals surface area contributed by atoms with Crippen molar-refractivity contribution in [2.24, 2.45) is 5.73 Å². The van der Waals surface area contributed by atoms with Crippen LogP contribution < -0.4 is 5.73 Å². The van der Waals surface area contributed by atoms with Crippen molar-refractivity contribution in [1.29, 1.82) is 0 Å². The largest absolute Gasteiger partial charge is 0.360 e. The first-order chi connectivity index (χ1) is 8.36. The van der Waals surface area contributed by atoms with Gasteiger partial charge in [0.2, 0.25) is 0 Å². The number of nitrogens with zero attached hydrogens (tertiary/aromatic N) is 3. The van der Waals surface area contributed by atoms with Crippen molar-refractivity contribution in [2.45, 2.75) is 6.42 Å². The van der Waals surface area contributed by atoms with Crippen molar-refractivity contribution in [1.82, 2.24) is 19.6 Å². The number of hydrogen-bond donors (Lipinski definition) is 2. The van der Waals surface area contributed by atoms with Crippen LogP contribution in [0.3, 0.4) is 0 Å². The molecule has 0 atom stereocenters. The van der Waals surface area contributed by atoms with Crippen LogP contribution in [0.5, 0.6) is 0 Å². The second-order valence-corrected chi connectivity index (χ2v) is 3.88. The van der Waals surface area contributed by atoms with E-state index in [4.69, 9.17) is 5.73 Å². The van der Waals surface area contributed by atoms with Gasteiger partial charge in [-0.3, -0.25) is 0 Å². The van der Waals surface area contributed by atoms with Crippen LogP contribution in [0.1, 0.15) is 5.69 Å². The summed E-state index contributed by atoms with van der Waals surface area (Å²) in [6.45, 7) is 0.605. The molecule has 0 bridgehead atoms. The zero-order valence-corrected chi connectivity index (χ0v) is 9.30. The smallest absolute Gasteiger partial charge is 0.153 e. The SMILES string of the molecule is NCCc1cn2nc(-c3ccc[nH]3)ccc2n1. The molecule has 3 aromatic heterocycles. The molecule has 0 aliphatic rings. The van der Waals surface area contributed by atoms with Gasteiger partial charge in [0, 0.05) is 12.6 Å². The van der Waals surface area contributed by atoms with E-state index < -0.39 is 0 Å². The van der Waals surface area contributed by atoms with Crippen LogP contribution in [0.4, 0.5) is 0 Å². The van der Waals surface area contributed by atoms with E-state index in [9.17, 15) is 0 Å². The van der Waals surface area contributed by atoms with Crippen LogP contribution in [0.25, 0.3) is 17.0 Å². The average molecular weight is 227 g/mol. The normalized spacial score (nSPS) is 11.1. The van der Waals surface area contributed by atoms with Crippen LogP contribution in [0.15, 0.2) is 36.7 Å². The molecular weight excluding hydrogens is 214 g/mol. The molecule has 5 nitrogen and oxygen atoms in total. The molecule has 3 rings (SSSR count). The summed E-state index contributed by atoms with van der Waals surface area (Å²) in [6, 6.07) is 7.87. The molecule has 0 aliphatic carbocycles. The topological polar surface area (TPSA) is 72.0 Å². The lowest BCUT2D eigenvalue weighted by molar-refractivity contribution is 0.916. The highest BCUT2D eigenvalue weighted by Crippen LogP contribution is 2.14. The third kappa shape index (κ3) is 1.81. The Morgan fingerprint density at radius 3 is 3.00 bits per heavy atom. The van der Waals surface area contributed by atoms with E-state index in [1.807, 2.05) is 36.7 Å². The Kier molecular flexibility index (Phi) is 2.38. The van der Waals surface area contributed by atoms with Crippen LogP contribution >= 0.6 is 0 Å². The molecule has 0 spiro atoms. The summed E-state index contributed by atoms with van der Waals surface area (Å²) in [5.74, 6) is 0. The van der Waals surface area contributed by atoms with E-state index in [-0.39, 0.29) is 0 Å². The van der Waals surface area contributed by atoms with Crippen LogP contribution in [0.2, 0.25) is 0 Å². The van der Waals surface area contributed by atoms with Gasteiger partial charge in [0.05, 0.1) is 17.6 Å². The number of fused-ring (bicyclic) bond motifs is 1. The van der Waals surface area contributed by atoms with E-state index in [0.29, 0.717) is 6.54 Å². The van der Waals surface area contributed by atoms with E-state index in [0.717, 1.165) is 29.1 Å². The van der Waals surface area contributed by atoms with Gasteiger partial charge in [-0.05, 0) is 30.8 Å². The third-order valence-electron chi connectivity index (χ3n) is 2.64. The number of imidazole rings is 1. The minimum Gasteiger partial charge on any atom is -0.360 e. The predicted molar refractivity (Wildman–Crippen MR) is 65.5 cm³/mol. The summed E-state index contributed by atoms with van der Waals surface area (Å²) in [5.41, 5.74) is 9.24. The van der Waals surface area contributed by atoms with E-state index in [1.165, 1.54) is 0 Å². The number of nitrogens with one attached hydrogen (secondary N) is 1. The minimum atomic E-state index is 0.605. The molecule has 3 N–H and O–H groups in total. The summed E-state index contributed by atoms with van der Waals surface area (Å²) < 4.78 is 1.79. The summed E-state index contributed by atoms with van der Waals surface area (Å²) in [4.78, 5) is 7.57. The Morgan fingerprint density at radius 1 is 1.29 bits per heavy atom. The molecule has 0 unspecified atom stereocenters. The lowest BCUT2D eigenvalue weighted by Gasteiger charge is -1.97. The molecule has 5 heteroatoms. The minimum absolute atomic E-state index is 0.605. The fourth-order valence-corrected chi connectivity index (χ4v) is 1.83. The number of aromatic amines is 1. The van der Waals surface area contributed by atoms with E-state index >= 15 is 0 Å². The molecule has 3 heterocycles. The Morgan fingerprint density at radius 2 is 2.24 bits per heavy atom. The Hall–Kier alpha value is -2.14. The Labute approximate surface area is 98.3 Å². The van der Waals surface area contributed by atoms with Crippen LogP contribution in [-0.4, -0.2) is 26.1 Å². The van der Waals surface area contributed by atoms with E-state index in [2.05, 4.69) is 15.1 Å². The lowest BCUT2D eigenvalue weighted by atomic mass is 10.3. The van der Waals surface area contributed by atoms with Gasteiger partial charge >= 0.3 is 0 Å². The summed E-state index contributed by atoms with van der Waals surface area (Å²) in [5, 5.41) is 4.50. The van der Waals surface area contributed by atoms with Gasteiger partial charge in [-0.2, -0.15) is 5.10 Å². The fraction of sp³-hybridized carbons (Fsp3) is 0.167. The highest BCUT2D eigenvalue weighted by Gasteiger charge is 2.04. The molecule has 0 saturated heterocycles. The lowest BCUT2D eigenvalue weighted by Crippen LogP contribution is -2.02. The number of rotatable bonds is 3. The quantitative estimate of drug-likeness (QED) is 0.706. The molecule has 0 saturated carbocycles. The zero-order chi connectivity index (χ0) is 11.7. The van der Waals surface area contributed by atoms with Gasteiger partial charge in [0.1, 0.15) is 5.69 Å². The maximum atomic E-state index is 5.51. The summed E-state index contributed by atoms with van der Waals surface area (Å²) in [7, 11) is 0. The maximum Gasteiger partial charge on any atom is 0.153 e. The van der Waals surface area contributed by atoms with Crippen molar-refractivity contribution in [3.63, 3.8) is 0 Å². The average Bonchev–Trinajstić information content (AvgIpc) is 2.96. The number of nitrogens with two attached hydrogens (primary N) is 1. The number of hydrogen-bond acceptors (Lipinski definition) is 3. The predicted octanol–water partition coefficient (Wildman–Crippen LogP) is 1.23. The summed E-state index contributed by atoms with van der Waals surface area (Å²) >= 11 is 0. The highest BCUT2D eigenvalue weighted by molar-refractivity contribution is 5.56. The first-order valence-corrected chi connectivity index (χ1v) is 5.56. The van der Waals surface area contributed by atoms with Gasteiger partial charge in [-0.25, -0.2) is 9.50 Å². The molecule has 0 fully saturated rings. The Bertz CT molecular complexity index is 623. The molecule has 0 radical (unpaired) electrons. The van der Waals surface area contributed by atoms with Crippen molar-refractivity contribution < 1.29 is 0 Å². The fourth-order valence-electron chi connectivity index (χ4n) is 1.83. The van der Waals surface area contributed by atoms with Gasteiger partial charge in [-0.15, -0.1) is 0 Å². The van der Waals surface area contributed by atoms with Crippen molar-refractivity contribution >= 4 is 5.65 Å². The van der Waals surface area contributed by atoms with E-state index in [1.54, 1.807) is 4.52 Å². The Balaban J connectivity index is 2.06. The molecule has 0 aromatic carbocycles. The molecule has 17 heavy (non-hydrogen) atoms. The number of H-pyrrole nitrogens is 1. The maximum absolute atomic E-state index is 5.51. The first-order valence-electron chi connectivity index (χ1n) is 5.56. The molecule has 3 aromatic rings. The molecule has 0 aliphatic heterocycles. The van der Waals surface area contributed by atoms with Crippen LogP contribution in [0, 0.1) is 0 Å². The van der Waals surface area contributed by atoms with Gasteiger partial charge in [0.25, 0.3) is 0 Å². The molecule has 86 valence electrons. The second-order valence-electron chi connectivity index (χ2n) is 3.88. The summed E-state index contributed by atoms with van der Waals surface area (Å²) in [6.07, 6.45) is 4.59. The van der Waals surface area contributed by atoms with Gasteiger partial charge in [-0.1, -0.05) is 0 Å². The van der Waals surface area contributed by atoms with Crippen molar-refractivity contribution in [3.05, 3.63) is 42.4 Å². The molecule has 0 amide bonds. The zero-order valence-electron chi connectivity index (χ0n) is 9.30. The monoisotopic (exact) mass is 227 g/mol. The van der Waals surface area contributed by atoms with Crippen LogP contribution in [-0.2, 0) is 6.42 Å². The second kappa shape index (κ2) is 4.03. The first kappa shape index (κ1) is 10.0. The standard InChI is InChI=1S/C12H13N5/c13-6-5-9-8-17-12(15-9)4-3-11(16-17)10-2-1-7-14-10/h1-4,7-8,14H,5-6,13H2. The van der Waals surface area contributed by atoms with Crippen molar-refractivity contribution in [3.8, 4) is 11.4 Å². The molecular formula is C12H13N5. The third-order valence-corrected chi connectivity index (χ3v) is 2.64.